The van der Waals surface area contributed by atoms with Gasteiger partial charge in [0.25, 0.3) is 5.91 Å². The number of alkyl halides is 3. The van der Waals surface area contributed by atoms with E-state index >= 15 is 0 Å². The van der Waals surface area contributed by atoms with E-state index in [0.717, 1.165) is 17.1 Å². The summed E-state index contributed by atoms with van der Waals surface area (Å²) in [4.78, 5) is 19.1. The molecule has 0 spiro atoms. The molecule has 0 N–H and O–H groups in total. The Morgan fingerprint density at radius 3 is 2.29 bits per heavy atom. The minimum Gasteiger partial charge on any atom is -0.338 e. The molecule has 10 heteroatoms. The number of hydrogen-bond acceptors (Lipinski definition) is 5. The Kier molecular flexibility index (Phi) is 6.27. The third-order valence-corrected chi connectivity index (χ3v) is 9.68. The van der Waals surface area contributed by atoms with E-state index in [9.17, 15) is 26.4 Å². The fourth-order valence-electron chi connectivity index (χ4n) is 4.01. The lowest BCUT2D eigenvalue weighted by atomic mass is 9.86. The first kappa shape index (κ1) is 23.7. The van der Waals surface area contributed by atoms with Crippen LogP contribution in [0, 0.1) is 19.8 Å². The van der Waals surface area contributed by atoms with Gasteiger partial charge in [0.1, 0.15) is 4.88 Å². The maximum atomic E-state index is 13.3. The SMILES string of the molecule is Cc1nc(C)c(C(=O)N2CCC(C(C)(C)S(=O)(=O)c3cccc(C(F)(F)F)c3)CC2)s1. The third kappa shape index (κ3) is 4.50. The molecule has 5 nitrogen and oxygen atoms in total. The van der Waals surface area contributed by atoms with Crippen molar-refractivity contribution in [3.8, 4) is 0 Å². The van der Waals surface area contributed by atoms with Crippen LogP contribution in [0.4, 0.5) is 13.2 Å². The fraction of sp³-hybridized carbons (Fsp3) is 0.524. The summed E-state index contributed by atoms with van der Waals surface area (Å²) in [5.74, 6) is -0.402. The Morgan fingerprint density at radius 2 is 1.77 bits per heavy atom. The first-order valence-corrected chi connectivity index (χ1v) is 12.2. The molecule has 2 aromatic rings. The zero-order valence-corrected chi connectivity index (χ0v) is 19.4. The molecule has 0 unspecified atom stereocenters. The number of nitrogens with zero attached hydrogens (tertiary/aromatic N) is 2. The number of carbonyl (C=O) groups is 1. The first-order chi connectivity index (χ1) is 14.2. The van der Waals surface area contributed by atoms with Crippen LogP contribution < -0.4 is 0 Å². The number of aryl methyl sites for hydroxylation is 2. The number of hydrogen-bond donors (Lipinski definition) is 0. The van der Waals surface area contributed by atoms with Crippen LogP contribution in [0.3, 0.4) is 0 Å². The van der Waals surface area contributed by atoms with Crippen LogP contribution in [0.15, 0.2) is 29.2 Å². The van der Waals surface area contributed by atoms with Gasteiger partial charge in [0.05, 0.1) is 25.9 Å². The van der Waals surface area contributed by atoms with Gasteiger partial charge in [0, 0.05) is 13.1 Å². The lowest BCUT2D eigenvalue weighted by molar-refractivity contribution is -0.137. The molecule has 0 atom stereocenters. The van der Waals surface area contributed by atoms with E-state index in [0.29, 0.717) is 42.6 Å². The molecular formula is C21H25F3N2O3S2. The van der Waals surface area contributed by atoms with Gasteiger partial charge in [0.2, 0.25) is 0 Å². The molecule has 1 aromatic heterocycles. The predicted molar refractivity (Wildman–Crippen MR) is 113 cm³/mol. The number of sulfone groups is 1. The van der Waals surface area contributed by atoms with E-state index in [1.165, 1.54) is 17.4 Å². The molecule has 0 bridgehead atoms. The maximum absolute atomic E-state index is 13.3. The van der Waals surface area contributed by atoms with Crippen molar-refractivity contribution in [3.63, 3.8) is 0 Å². The van der Waals surface area contributed by atoms with Crippen molar-refractivity contribution in [1.82, 2.24) is 9.88 Å². The number of piperidine rings is 1. The van der Waals surface area contributed by atoms with Crippen LogP contribution in [-0.2, 0) is 16.0 Å². The van der Waals surface area contributed by atoms with Crippen LogP contribution in [0.25, 0.3) is 0 Å². The second-order valence-electron chi connectivity index (χ2n) is 8.35. The zero-order chi connectivity index (χ0) is 23.2. The second-order valence-corrected chi connectivity index (χ2v) is 12.1. The lowest BCUT2D eigenvalue weighted by Gasteiger charge is -2.40. The standard InChI is InChI=1S/C21H25F3N2O3S2/c1-13-18(30-14(2)25-13)19(27)26-10-8-15(9-11-26)20(3,4)31(28,29)17-7-5-6-16(12-17)21(22,23)24/h5-7,12,15H,8-11H2,1-4H3. The topological polar surface area (TPSA) is 67.3 Å². The summed E-state index contributed by atoms with van der Waals surface area (Å²) in [5, 5.41) is 0.809. The molecule has 0 radical (unpaired) electrons. The van der Waals surface area contributed by atoms with Crippen LogP contribution in [-0.4, -0.2) is 42.0 Å². The minimum atomic E-state index is -4.62. The maximum Gasteiger partial charge on any atom is 0.416 e. The van der Waals surface area contributed by atoms with Crippen molar-refractivity contribution >= 4 is 27.1 Å². The van der Waals surface area contributed by atoms with Gasteiger partial charge in [-0.1, -0.05) is 6.07 Å². The summed E-state index contributed by atoms with van der Waals surface area (Å²) in [6, 6.07) is 3.89. The van der Waals surface area contributed by atoms with Crippen LogP contribution in [0.1, 0.15) is 52.6 Å². The number of amides is 1. The Balaban J connectivity index is 1.77. The van der Waals surface area contributed by atoms with Gasteiger partial charge in [0.15, 0.2) is 9.84 Å². The molecule has 3 rings (SSSR count). The molecule has 2 heterocycles. The number of halogens is 3. The van der Waals surface area contributed by atoms with Crippen LogP contribution in [0.2, 0.25) is 0 Å². The molecule has 31 heavy (non-hydrogen) atoms. The summed E-state index contributed by atoms with van der Waals surface area (Å²) >= 11 is 1.34. The number of benzene rings is 1. The average molecular weight is 475 g/mol. The molecule has 0 saturated carbocycles. The van der Waals surface area contributed by atoms with Crippen LogP contribution in [0.5, 0.6) is 0 Å². The second kappa shape index (κ2) is 8.20. The largest absolute Gasteiger partial charge is 0.416 e. The molecular weight excluding hydrogens is 449 g/mol. The Labute approximate surface area is 184 Å². The summed E-state index contributed by atoms with van der Waals surface area (Å²) in [7, 11) is -4.03. The number of rotatable bonds is 4. The number of thiazole rings is 1. The first-order valence-electron chi connectivity index (χ1n) is 9.90. The van der Waals surface area contributed by atoms with Gasteiger partial charge in [-0.15, -0.1) is 11.3 Å². The molecule has 170 valence electrons. The quantitative estimate of drug-likeness (QED) is 0.633. The van der Waals surface area contributed by atoms with E-state index in [4.69, 9.17) is 0 Å². The molecule has 1 aliphatic rings. The smallest absolute Gasteiger partial charge is 0.338 e. The van der Waals surface area contributed by atoms with Crippen molar-refractivity contribution in [3.05, 3.63) is 45.4 Å². The highest BCUT2D eigenvalue weighted by Crippen LogP contribution is 2.39. The summed E-state index contributed by atoms with van der Waals surface area (Å²) in [5.41, 5.74) is -0.304. The molecule has 1 aliphatic heterocycles. The van der Waals surface area contributed by atoms with Gasteiger partial charge < -0.3 is 4.90 Å². The number of carbonyl (C=O) groups excluding carboxylic acids is 1. The van der Waals surface area contributed by atoms with E-state index in [1.807, 2.05) is 6.92 Å². The van der Waals surface area contributed by atoms with Crippen molar-refractivity contribution in [2.45, 2.75) is 56.4 Å². The number of aromatic nitrogens is 1. The highest BCUT2D eigenvalue weighted by molar-refractivity contribution is 7.92. The summed E-state index contributed by atoms with van der Waals surface area (Å²) in [6.07, 6.45) is -3.71. The Bertz CT molecular complexity index is 1080. The number of likely N-dealkylation sites (tertiary alicyclic amines) is 1. The van der Waals surface area contributed by atoms with E-state index in [-0.39, 0.29) is 16.7 Å². The van der Waals surface area contributed by atoms with Gasteiger partial charge >= 0.3 is 6.18 Å². The van der Waals surface area contributed by atoms with E-state index in [2.05, 4.69) is 4.98 Å². The van der Waals surface area contributed by atoms with Crippen molar-refractivity contribution in [2.75, 3.05) is 13.1 Å². The molecule has 1 saturated heterocycles. The minimum absolute atomic E-state index is 0.111. The molecule has 1 amide bonds. The van der Waals surface area contributed by atoms with Crippen molar-refractivity contribution in [1.29, 1.82) is 0 Å². The third-order valence-electron chi connectivity index (χ3n) is 6.03. The monoisotopic (exact) mass is 474 g/mol. The summed E-state index contributed by atoms with van der Waals surface area (Å²) in [6.45, 7) is 7.52. The Morgan fingerprint density at radius 1 is 1.16 bits per heavy atom. The van der Waals surface area contributed by atoms with E-state index in [1.54, 1.807) is 25.7 Å². The molecule has 1 aromatic carbocycles. The fourth-order valence-corrected chi connectivity index (χ4v) is 6.72. The van der Waals surface area contributed by atoms with Gasteiger partial charge in [-0.3, -0.25) is 4.79 Å². The molecule has 0 aliphatic carbocycles. The Hall–Kier alpha value is -1.94. The van der Waals surface area contributed by atoms with Crippen molar-refractivity contribution in [2.24, 2.45) is 5.92 Å². The van der Waals surface area contributed by atoms with Gasteiger partial charge in [-0.25, -0.2) is 13.4 Å². The molecule has 1 fully saturated rings. The lowest BCUT2D eigenvalue weighted by Crippen LogP contribution is -2.47. The highest BCUT2D eigenvalue weighted by atomic mass is 32.2. The summed E-state index contributed by atoms with van der Waals surface area (Å²) < 4.78 is 64.4. The van der Waals surface area contributed by atoms with Gasteiger partial charge in [-0.2, -0.15) is 13.2 Å². The van der Waals surface area contributed by atoms with Crippen LogP contribution >= 0.6 is 11.3 Å². The van der Waals surface area contributed by atoms with Crippen molar-refractivity contribution < 1.29 is 26.4 Å². The highest BCUT2D eigenvalue weighted by Gasteiger charge is 2.45. The zero-order valence-electron chi connectivity index (χ0n) is 17.8. The van der Waals surface area contributed by atoms with Gasteiger partial charge in [-0.05, 0) is 64.7 Å². The normalized spacial score (nSPS) is 16.5. The van der Waals surface area contributed by atoms with E-state index < -0.39 is 26.3 Å². The predicted octanol–water partition coefficient (Wildman–Crippen LogP) is 4.88. The average Bonchev–Trinajstić information content (AvgIpc) is 3.04.